The largest absolute Gasteiger partial charge is 0.463 e. The Labute approximate surface area is 102 Å². The average molecular weight is 240 g/mol. The van der Waals surface area contributed by atoms with E-state index >= 15 is 0 Å². The summed E-state index contributed by atoms with van der Waals surface area (Å²) in [5.74, 6) is 0.203. The molecule has 1 aliphatic carbocycles. The van der Waals surface area contributed by atoms with Crippen LogP contribution in [0.25, 0.3) is 0 Å². The number of hydrogen-bond acceptors (Lipinski definition) is 4. The van der Waals surface area contributed by atoms with E-state index in [2.05, 4.69) is 0 Å². The Balaban J connectivity index is 1.76. The van der Waals surface area contributed by atoms with Gasteiger partial charge in [-0.15, -0.1) is 0 Å². The van der Waals surface area contributed by atoms with E-state index in [4.69, 9.17) is 14.2 Å². The monoisotopic (exact) mass is 240 g/mol. The molecule has 0 unspecified atom stereocenters. The van der Waals surface area contributed by atoms with Gasteiger partial charge in [-0.2, -0.15) is 0 Å². The van der Waals surface area contributed by atoms with E-state index in [0.29, 0.717) is 25.0 Å². The molecule has 0 aromatic heterocycles. The van der Waals surface area contributed by atoms with Gasteiger partial charge in [0.2, 0.25) is 0 Å². The van der Waals surface area contributed by atoms with Crippen molar-refractivity contribution in [2.75, 3.05) is 13.2 Å². The van der Waals surface area contributed by atoms with Gasteiger partial charge in [0.15, 0.2) is 5.79 Å². The summed E-state index contributed by atoms with van der Waals surface area (Å²) >= 11 is 0. The molecule has 96 valence electrons. The van der Waals surface area contributed by atoms with E-state index < -0.39 is 5.79 Å². The maximum absolute atomic E-state index is 11.1. The lowest BCUT2D eigenvalue weighted by Crippen LogP contribution is -2.22. The lowest BCUT2D eigenvalue weighted by molar-refractivity contribution is -0.141. The summed E-state index contributed by atoms with van der Waals surface area (Å²) in [5.41, 5.74) is 0. The van der Waals surface area contributed by atoms with Gasteiger partial charge in [-0.05, 0) is 39.0 Å². The van der Waals surface area contributed by atoms with Crippen molar-refractivity contribution in [2.24, 2.45) is 11.8 Å². The molecule has 17 heavy (non-hydrogen) atoms. The van der Waals surface area contributed by atoms with Crippen molar-refractivity contribution >= 4 is 5.97 Å². The highest BCUT2D eigenvalue weighted by Gasteiger charge is 2.47. The van der Waals surface area contributed by atoms with Gasteiger partial charge in [-0.25, -0.2) is 4.79 Å². The normalized spacial score (nSPS) is 35.1. The number of ether oxygens (including phenoxy) is 3. The summed E-state index contributed by atoms with van der Waals surface area (Å²) in [5, 5.41) is 0. The van der Waals surface area contributed by atoms with E-state index in [0.717, 1.165) is 6.42 Å². The number of allylic oxidation sites excluding steroid dienone is 1. The van der Waals surface area contributed by atoms with Crippen molar-refractivity contribution in [1.82, 2.24) is 0 Å². The van der Waals surface area contributed by atoms with Gasteiger partial charge in [0.25, 0.3) is 0 Å². The molecule has 4 heteroatoms. The van der Waals surface area contributed by atoms with Crippen molar-refractivity contribution in [3.05, 3.63) is 12.2 Å². The third-order valence-electron chi connectivity index (χ3n) is 3.17. The molecular weight excluding hydrogens is 220 g/mol. The topological polar surface area (TPSA) is 44.8 Å². The maximum Gasteiger partial charge on any atom is 0.330 e. The predicted octanol–water partition coefficient (Wildman–Crippen LogP) is 1.89. The van der Waals surface area contributed by atoms with Crippen LogP contribution in [0.5, 0.6) is 0 Å². The van der Waals surface area contributed by atoms with Crippen LogP contribution in [-0.4, -0.2) is 31.1 Å². The van der Waals surface area contributed by atoms with Crippen molar-refractivity contribution in [3.8, 4) is 0 Å². The van der Waals surface area contributed by atoms with Gasteiger partial charge >= 0.3 is 5.97 Å². The number of carbonyl (C=O) groups excluding carboxylic acids is 1. The fourth-order valence-corrected chi connectivity index (χ4v) is 2.20. The van der Waals surface area contributed by atoms with E-state index in [9.17, 15) is 4.79 Å². The van der Waals surface area contributed by atoms with Crippen LogP contribution in [0.2, 0.25) is 0 Å². The smallest absolute Gasteiger partial charge is 0.330 e. The lowest BCUT2D eigenvalue weighted by Gasteiger charge is -2.16. The molecule has 0 radical (unpaired) electrons. The Kier molecular flexibility index (Phi) is 3.54. The quantitative estimate of drug-likeness (QED) is 0.556. The zero-order valence-electron chi connectivity index (χ0n) is 10.6. The molecule has 0 spiro atoms. The summed E-state index contributed by atoms with van der Waals surface area (Å²) in [7, 11) is 0. The van der Waals surface area contributed by atoms with Crippen LogP contribution in [-0.2, 0) is 19.0 Å². The molecule has 0 aromatic carbocycles. The van der Waals surface area contributed by atoms with Crippen LogP contribution < -0.4 is 0 Å². The highest BCUT2D eigenvalue weighted by Crippen LogP contribution is 2.46. The highest BCUT2D eigenvalue weighted by atomic mass is 16.7. The summed E-state index contributed by atoms with van der Waals surface area (Å²) in [6.07, 6.45) is 4.69. The minimum Gasteiger partial charge on any atom is -0.463 e. The molecule has 2 fully saturated rings. The number of esters is 1. The molecule has 0 aromatic rings. The second-order valence-electron chi connectivity index (χ2n) is 5.04. The summed E-state index contributed by atoms with van der Waals surface area (Å²) < 4.78 is 16.1. The van der Waals surface area contributed by atoms with E-state index in [1.54, 1.807) is 6.92 Å². The predicted molar refractivity (Wildman–Crippen MR) is 62.3 cm³/mol. The molecule has 1 saturated carbocycles. The van der Waals surface area contributed by atoms with Gasteiger partial charge < -0.3 is 14.2 Å². The lowest BCUT2D eigenvalue weighted by atomic mass is 10.2. The number of carbonyl (C=O) groups is 1. The first kappa shape index (κ1) is 12.6. The van der Waals surface area contributed by atoms with E-state index in [-0.39, 0.29) is 12.1 Å². The first-order chi connectivity index (χ1) is 8.02. The highest BCUT2D eigenvalue weighted by molar-refractivity contribution is 5.81. The van der Waals surface area contributed by atoms with Crippen molar-refractivity contribution < 1.29 is 19.0 Å². The molecule has 2 aliphatic rings. The second kappa shape index (κ2) is 4.78. The molecule has 3 atom stereocenters. The van der Waals surface area contributed by atoms with Gasteiger partial charge in [0.1, 0.15) is 0 Å². The molecule has 1 heterocycles. The van der Waals surface area contributed by atoms with Crippen LogP contribution in [0, 0.1) is 11.8 Å². The van der Waals surface area contributed by atoms with Crippen LogP contribution in [0.4, 0.5) is 0 Å². The van der Waals surface area contributed by atoms with Gasteiger partial charge in [-0.3, -0.25) is 0 Å². The zero-order chi connectivity index (χ0) is 12.5. The average Bonchev–Trinajstić information content (AvgIpc) is 2.94. The minimum atomic E-state index is -0.456. The third-order valence-corrected chi connectivity index (χ3v) is 3.17. The van der Waals surface area contributed by atoms with Crippen molar-refractivity contribution in [3.63, 3.8) is 0 Å². The van der Waals surface area contributed by atoms with Gasteiger partial charge in [0.05, 0.1) is 19.3 Å². The molecule has 0 amide bonds. The zero-order valence-corrected chi connectivity index (χ0v) is 10.6. The standard InChI is InChI=1S/C13H20O4/c1-4-15-12(14)6-5-9-7-10(9)11-8-16-13(2,3)17-11/h5-6,9-11H,4,7-8H2,1-3H3/b6-5+/t9-,10-,11-/m1/s1. The first-order valence-electron chi connectivity index (χ1n) is 6.18. The summed E-state index contributed by atoms with van der Waals surface area (Å²) in [6, 6.07) is 0. The molecule has 0 N–H and O–H groups in total. The molecule has 1 saturated heterocycles. The van der Waals surface area contributed by atoms with E-state index in [1.165, 1.54) is 6.08 Å². The first-order valence-corrected chi connectivity index (χ1v) is 6.18. The van der Waals surface area contributed by atoms with Crippen molar-refractivity contribution in [1.29, 1.82) is 0 Å². The van der Waals surface area contributed by atoms with Crippen molar-refractivity contribution in [2.45, 2.75) is 39.1 Å². The molecule has 2 rings (SSSR count). The van der Waals surface area contributed by atoms with Gasteiger partial charge in [0, 0.05) is 6.08 Å². The summed E-state index contributed by atoms with van der Waals surface area (Å²) in [4.78, 5) is 11.1. The Morgan fingerprint density at radius 3 is 2.88 bits per heavy atom. The molecule has 0 bridgehead atoms. The SMILES string of the molecule is CCOC(=O)/C=C/[C@@H]1C[C@H]1[C@H]1COC(C)(C)O1. The minimum absolute atomic E-state index is 0.168. The molecular formula is C13H20O4. The Bertz CT molecular complexity index is 321. The van der Waals surface area contributed by atoms with Gasteiger partial charge in [-0.1, -0.05) is 6.08 Å². The summed E-state index contributed by atoms with van der Waals surface area (Å²) in [6.45, 7) is 6.74. The van der Waals surface area contributed by atoms with Crippen LogP contribution in [0.15, 0.2) is 12.2 Å². The van der Waals surface area contributed by atoms with E-state index in [1.807, 2.05) is 19.9 Å². The Morgan fingerprint density at radius 1 is 1.53 bits per heavy atom. The third kappa shape index (κ3) is 3.30. The molecule has 1 aliphatic heterocycles. The number of rotatable bonds is 4. The van der Waals surface area contributed by atoms with Crippen LogP contribution in [0.1, 0.15) is 27.2 Å². The Morgan fingerprint density at radius 2 is 2.29 bits per heavy atom. The number of hydrogen-bond donors (Lipinski definition) is 0. The fourth-order valence-electron chi connectivity index (χ4n) is 2.20. The second-order valence-corrected chi connectivity index (χ2v) is 5.04. The molecule has 4 nitrogen and oxygen atoms in total. The Hall–Kier alpha value is -0.870. The van der Waals surface area contributed by atoms with Crippen LogP contribution in [0.3, 0.4) is 0 Å². The van der Waals surface area contributed by atoms with Crippen LogP contribution >= 0.6 is 0 Å². The fraction of sp³-hybridized carbons (Fsp3) is 0.769. The maximum atomic E-state index is 11.1.